The third-order valence-corrected chi connectivity index (χ3v) is 2.86. The van der Waals surface area contributed by atoms with Crippen LogP contribution >= 0.6 is 0 Å². The number of ether oxygens (including phenoxy) is 1. The van der Waals surface area contributed by atoms with Gasteiger partial charge in [-0.25, -0.2) is 4.98 Å². The van der Waals surface area contributed by atoms with Crippen LogP contribution in [0.3, 0.4) is 0 Å². The lowest BCUT2D eigenvalue weighted by Gasteiger charge is -2.12. The fourth-order valence-electron chi connectivity index (χ4n) is 1.92. The van der Waals surface area contributed by atoms with Gasteiger partial charge in [-0.2, -0.15) is 0 Å². The number of aromatic nitrogens is 2. The van der Waals surface area contributed by atoms with Crippen LogP contribution in [0.2, 0.25) is 0 Å². The van der Waals surface area contributed by atoms with Crippen molar-refractivity contribution in [1.82, 2.24) is 9.55 Å². The van der Waals surface area contributed by atoms with E-state index in [0.29, 0.717) is 6.54 Å². The number of imidazole rings is 1. The summed E-state index contributed by atoms with van der Waals surface area (Å²) in [6.45, 7) is 2.50. The molecule has 1 atom stereocenters. The van der Waals surface area contributed by atoms with Gasteiger partial charge in [-0.3, -0.25) is 0 Å². The van der Waals surface area contributed by atoms with Crippen molar-refractivity contribution in [3.63, 3.8) is 0 Å². The lowest BCUT2D eigenvalue weighted by Crippen LogP contribution is -2.17. The number of hydrogen-bond donors (Lipinski definition) is 1. The molecule has 1 aromatic carbocycles. The number of rotatable bonds is 3. The van der Waals surface area contributed by atoms with Gasteiger partial charge in [-0.1, -0.05) is 6.07 Å². The molecule has 0 spiro atoms. The molecule has 0 amide bonds. The van der Waals surface area contributed by atoms with Crippen molar-refractivity contribution >= 4 is 11.0 Å². The Kier molecular flexibility index (Phi) is 2.94. The summed E-state index contributed by atoms with van der Waals surface area (Å²) in [4.78, 5) is 4.57. The largest absolute Gasteiger partial charge is 0.372 e. The highest BCUT2D eigenvalue weighted by Crippen LogP contribution is 2.21. The van der Waals surface area contributed by atoms with Crippen molar-refractivity contribution in [2.24, 2.45) is 12.8 Å². The number of nitrogens with zero attached hydrogens (tertiary/aromatic N) is 2. The second kappa shape index (κ2) is 4.23. The first kappa shape index (κ1) is 11.1. The van der Waals surface area contributed by atoms with Gasteiger partial charge in [0, 0.05) is 20.7 Å². The van der Waals surface area contributed by atoms with Gasteiger partial charge in [-0.05, 0) is 24.6 Å². The predicted octanol–water partition coefficient (Wildman–Crippen LogP) is 1.53. The summed E-state index contributed by atoms with van der Waals surface area (Å²) >= 11 is 0. The molecule has 4 heteroatoms. The lowest BCUT2D eigenvalue weighted by molar-refractivity contribution is 0.101. The molecule has 2 N–H and O–H groups in total. The number of aryl methyl sites for hydroxylation is 2. The molecule has 0 fully saturated rings. The zero-order chi connectivity index (χ0) is 11.7. The highest BCUT2D eigenvalue weighted by atomic mass is 16.5. The molecule has 2 rings (SSSR count). The van der Waals surface area contributed by atoms with Crippen molar-refractivity contribution in [3.8, 4) is 0 Å². The predicted molar refractivity (Wildman–Crippen MR) is 64.3 cm³/mol. The van der Waals surface area contributed by atoms with Gasteiger partial charge < -0.3 is 15.0 Å². The van der Waals surface area contributed by atoms with E-state index in [4.69, 9.17) is 10.5 Å². The minimum Gasteiger partial charge on any atom is -0.372 e. The normalized spacial score (nSPS) is 13.2. The summed E-state index contributed by atoms with van der Waals surface area (Å²) in [5.74, 6) is 0.880. The molecule has 16 heavy (non-hydrogen) atoms. The molecule has 0 saturated carbocycles. The van der Waals surface area contributed by atoms with Crippen LogP contribution in [0.1, 0.15) is 17.5 Å². The van der Waals surface area contributed by atoms with Crippen molar-refractivity contribution in [3.05, 3.63) is 29.6 Å². The third kappa shape index (κ3) is 1.70. The minimum absolute atomic E-state index is 0.141. The molecule has 0 bridgehead atoms. The van der Waals surface area contributed by atoms with Crippen LogP contribution in [0.25, 0.3) is 11.0 Å². The highest BCUT2D eigenvalue weighted by Gasteiger charge is 2.16. The van der Waals surface area contributed by atoms with Crippen molar-refractivity contribution in [2.45, 2.75) is 13.0 Å². The molecule has 4 nitrogen and oxygen atoms in total. The van der Waals surface area contributed by atoms with Crippen LogP contribution < -0.4 is 5.73 Å². The van der Waals surface area contributed by atoms with Crippen LogP contribution in [0, 0.1) is 6.92 Å². The van der Waals surface area contributed by atoms with Crippen LogP contribution in [0.4, 0.5) is 0 Å². The Morgan fingerprint density at radius 3 is 2.88 bits per heavy atom. The third-order valence-electron chi connectivity index (χ3n) is 2.86. The second-order valence-corrected chi connectivity index (χ2v) is 3.98. The van der Waals surface area contributed by atoms with E-state index in [-0.39, 0.29) is 6.10 Å². The molecular weight excluding hydrogens is 202 g/mol. The molecule has 1 unspecified atom stereocenters. The summed E-state index contributed by atoms with van der Waals surface area (Å²) in [5.41, 5.74) is 8.97. The molecular formula is C12H17N3O. The number of nitrogens with two attached hydrogens (primary N) is 1. The first-order valence-corrected chi connectivity index (χ1v) is 5.33. The van der Waals surface area contributed by atoms with E-state index in [0.717, 1.165) is 16.9 Å². The van der Waals surface area contributed by atoms with Gasteiger partial charge in [0.05, 0.1) is 11.0 Å². The van der Waals surface area contributed by atoms with E-state index in [2.05, 4.69) is 30.1 Å². The maximum absolute atomic E-state index is 5.66. The van der Waals surface area contributed by atoms with Crippen molar-refractivity contribution < 1.29 is 4.74 Å². The number of benzene rings is 1. The Balaban J connectivity index is 2.59. The molecule has 0 saturated heterocycles. The van der Waals surface area contributed by atoms with Crippen LogP contribution in [-0.2, 0) is 11.8 Å². The summed E-state index contributed by atoms with van der Waals surface area (Å²) in [6, 6.07) is 6.23. The summed E-state index contributed by atoms with van der Waals surface area (Å²) in [7, 11) is 3.64. The van der Waals surface area contributed by atoms with Crippen LogP contribution in [-0.4, -0.2) is 23.2 Å². The Hall–Kier alpha value is -1.39. The first-order valence-electron chi connectivity index (χ1n) is 5.33. The van der Waals surface area contributed by atoms with E-state index >= 15 is 0 Å². The summed E-state index contributed by atoms with van der Waals surface area (Å²) in [5, 5.41) is 0. The maximum Gasteiger partial charge on any atom is 0.140 e. The summed E-state index contributed by atoms with van der Waals surface area (Å²) in [6.07, 6.45) is -0.141. The van der Waals surface area contributed by atoms with E-state index < -0.39 is 0 Å². The first-order chi connectivity index (χ1) is 7.67. The second-order valence-electron chi connectivity index (χ2n) is 3.98. The number of fused-ring (bicyclic) bond motifs is 1. The van der Waals surface area contributed by atoms with Gasteiger partial charge in [0.25, 0.3) is 0 Å². The molecule has 0 aliphatic carbocycles. The van der Waals surface area contributed by atoms with Gasteiger partial charge >= 0.3 is 0 Å². The Morgan fingerprint density at radius 1 is 1.50 bits per heavy atom. The monoisotopic (exact) mass is 219 g/mol. The van der Waals surface area contributed by atoms with Gasteiger partial charge in [0.1, 0.15) is 11.9 Å². The quantitative estimate of drug-likeness (QED) is 0.851. The Bertz CT molecular complexity index is 500. The molecule has 1 aromatic heterocycles. The molecule has 1 heterocycles. The molecule has 86 valence electrons. The molecule has 0 aliphatic rings. The zero-order valence-electron chi connectivity index (χ0n) is 9.90. The average molecular weight is 219 g/mol. The standard InChI is InChI=1S/C12H17N3O/c1-8-4-5-10-9(6-8)14-12(15(10)2)11(7-13)16-3/h4-6,11H,7,13H2,1-3H3. The van der Waals surface area contributed by atoms with Crippen LogP contribution in [0.15, 0.2) is 18.2 Å². The maximum atomic E-state index is 5.66. The highest BCUT2D eigenvalue weighted by molar-refractivity contribution is 5.76. The molecule has 0 aliphatic heterocycles. The fraction of sp³-hybridized carbons (Fsp3) is 0.417. The van der Waals surface area contributed by atoms with E-state index in [1.54, 1.807) is 7.11 Å². The molecule has 2 aromatic rings. The zero-order valence-corrected chi connectivity index (χ0v) is 9.90. The number of hydrogen-bond acceptors (Lipinski definition) is 3. The SMILES string of the molecule is COC(CN)c1nc2cc(C)ccc2n1C. The van der Waals surface area contributed by atoms with Crippen molar-refractivity contribution in [1.29, 1.82) is 0 Å². The smallest absolute Gasteiger partial charge is 0.140 e. The van der Waals surface area contributed by atoms with Gasteiger partial charge in [0.2, 0.25) is 0 Å². The molecule has 0 radical (unpaired) electrons. The summed E-state index contributed by atoms with van der Waals surface area (Å²) < 4.78 is 7.36. The Labute approximate surface area is 95.0 Å². The van der Waals surface area contributed by atoms with Gasteiger partial charge in [0.15, 0.2) is 0 Å². The lowest BCUT2D eigenvalue weighted by atomic mass is 10.2. The van der Waals surface area contributed by atoms with Crippen LogP contribution in [0.5, 0.6) is 0 Å². The van der Waals surface area contributed by atoms with E-state index in [9.17, 15) is 0 Å². The minimum atomic E-state index is -0.141. The Morgan fingerprint density at radius 2 is 2.25 bits per heavy atom. The van der Waals surface area contributed by atoms with Gasteiger partial charge in [-0.15, -0.1) is 0 Å². The topological polar surface area (TPSA) is 53.1 Å². The average Bonchev–Trinajstić information content (AvgIpc) is 2.58. The van der Waals surface area contributed by atoms with E-state index in [1.807, 2.05) is 11.6 Å². The van der Waals surface area contributed by atoms with Crippen molar-refractivity contribution in [2.75, 3.05) is 13.7 Å². The number of methoxy groups -OCH3 is 1. The fourth-order valence-corrected chi connectivity index (χ4v) is 1.92. The van der Waals surface area contributed by atoms with E-state index in [1.165, 1.54) is 5.56 Å².